The van der Waals surface area contributed by atoms with Crippen LogP contribution >= 0.6 is 0 Å². The van der Waals surface area contributed by atoms with Crippen LogP contribution in [-0.2, 0) is 4.79 Å². The topological polar surface area (TPSA) is 44.4 Å². The molecule has 2 fully saturated rings. The van der Waals surface area contributed by atoms with Crippen LogP contribution in [-0.4, -0.2) is 49.1 Å². The van der Waals surface area contributed by atoms with Gasteiger partial charge in [0.25, 0.3) is 0 Å². The van der Waals surface area contributed by atoms with Crippen LogP contribution in [0.5, 0.6) is 0 Å². The van der Waals surface area contributed by atoms with Gasteiger partial charge in [0.1, 0.15) is 0 Å². The quantitative estimate of drug-likeness (QED) is 0.767. The van der Waals surface area contributed by atoms with Crippen molar-refractivity contribution in [3.63, 3.8) is 0 Å². The Balaban J connectivity index is 1.68. The molecule has 2 aliphatic heterocycles. The lowest BCUT2D eigenvalue weighted by Gasteiger charge is -2.32. The summed E-state index contributed by atoms with van der Waals surface area (Å²) in [6, 6.07) is 1.20. The number of nitrogens with zero attached hydrogens (tertiary/aromatic N) is 1. The highest BCUT2D eigenvalue weighted by atomic mass is 16.1. The number of rotatable bonds is 5. The third kappa shape index (κ3) is 3.69. The maximum atomic E-state index is 11.7. The molecular formula is C14H27N3O. The molecule has 2 aliphatic rings. The molecule has 2 atom stereocenters. The van der Waals surface area contributed by atoms with Gasteiger partial charge in [0.05, 0.1) is 6.54 Å². The van der Waals surface area contributed by atoms with E-state index >= 15 is 0 Å². The number of piperidine rings is 1. The monoisotopic (exact) mass is 253 g/mol. The fraction of sp³-hybridized carbons (Fsp3) is 0.929. The van der Waals surface area contributed by atoms with Gasteiger partial charge in [0.2, 0.25) is 5.91 Å². The Labute approximate surface area is 110 Å². The first-order chi connectivity index (χ1) is 8.66. The predicted molar refractivity (Wildman–Crippen MR) is 73.5 cm³/mol. The van der Waals surface area contributed by atoms with E-state index in [1.165, 1.54) is 38.8 Å². The molecular weight excluding hydrogens is 226 g/mol. The van der Waals surface area contributed by atoms with Crippen molar-refractivity contribution >= 4 is 5.91 Å². The van der Waals surface area contributed by atoms with Gasteiger partial charge in [0, 0.05) is 25.2 Å². The summed E-state index contributed by atoms with van der Waals surface area (Å²) >= 11 is 0. The van der Waals surface area contributed by atoms with Crippen molar-refractivity contribution in [1.82, 2.24) is 15.5 Å². The van der Waals surface area contributed by atoms with Crippen molar-refractivity contribution in [1.29, 1.82) is 0 Å². The van der Waals surface area contributed by atoms with Crippen molar-refractivity contribution in [3.05, 3.63) is 0 Å². The van der Waals surface area contributed by atoms with Gasteiger partial charge in [-0.15, -0.1) is 0 Å². The van der Waals surface area contributed by atoms with Gasteiger partial charge >= 0.3 is 0 Å². The van der Waals surface area contributed by atoms with E-state index in [1.807, 2.05) is 0 Å². The molecule has 0 saturated carbocycles. The van der Waals surface area contributed by atoms with Gasteiger partial charge in [-0.3, -0.25) is 9.69 Å². The minimum Gasteiger partial charge on any atom is -0.355 e. The molecule has 0 aromatic heterocycles. The van der Waals surface area contributed by atoms with Gasteiger partial charge < -0.3 is 10.6 Å². The lowest BCUT2D eigenvalue weighted by atomic mass is 9.99. The molecule has 2 rings (SSSR count). The number of carbonyl (C=O) groups is 1. The summed E-state index contributed by atoms with van der Waals surface area (Å²) in [6.07, 6.45) is 5.18. The van der Waals surface area contributed by atoms with E-state index in [0.29, 0.717) is 24.5 Å². The highest BCUT2D eigenvalue weighted by molar-refractivity contribution is 5.78. The molecule has 0 spiro atoms. The van der Waals surface area contributed by atoms with Gasteiger partial charge in [-0.1, -0.05) is 20.3 Å². The van der Waals surface area contributed by atoms with E-state index in [-0.39, 0.29) is 5.91 Å². The van der Waals surface area contributed by atoms with Gasteiger partial charge in [0.15, 0.2) is 0 Å². The minimum absolute atomic E-state index is 0.137. The van der Waals surface area contributed by atoms with E-state index in [0.717, 1.165) is 6.54 Å². The summed E-state index contributed by atoms with van der Waals surface area (Å²) in [4.78, 5) is 14.3. The second kappa shape index (κ2) is 6.53. The van der Waals surface area contributed by atoms with Crippen molar-refractivity contribution in [2.24, 2.45) is 5.92 Å². The molecule has 4 nitrogen and oxygen atoms in total. The van der Waals surface area contributed by atoms with Crippen molar-refractivity contribution in [2.75, 3.05) is 26.2 Å². The predicted octanol–water partition coefficient (Wildman–Crippen LogP) is 0.975. The fourth-order valence-electron chi connectivity index (χ4n) is 3.09. The molecule has 18 heavy (non-hydrogen) atoms. The van der Waals surface area contributed by atoms with Gasteiger partial charge in [-0.05, 0) is 31.7 Å². The highest BCUT2D eigenvalue weighted by Gasteiger charge is 2.35. The van der Waals surface area contributed by atoms with Gasteiger partial charge in [-0.25, -0.2) is 0 Å². The van der Waals surface area contributed by atoms with Gasteiger partial charge in [-0.2, -0.15) is 0 Å². The Hall–Kier alpha value is -0.610. The number of fused-ring (bicyclic) bond motifs is 1. The van der Waals surface area contributed by atoms with Crippen LogP contribution in [0.25, 0.3) is 0 Å². The number of carbonyl (C=O) groups excluding carboxylic acids is 1. The molecule has 0 bridgehead atoms. The van der Waals surface area contributed by atoms with Crippen LogP contribution < -0.4 is 10.6 Å². The first kappa shape index (κ1) is 13.8. The average Bonchev–Trinajstić information content (AvgIpc) is 2.77. The number of nitrogens with one attached hydrogen (secondary N) is 2. The van der Waals surface area contributed by atoms with Crippen molar-refractivity contribution < 1.29 is 4.79 Å². The van der Waals surface area contributed by atoms with Crippen LogP contribution in [0, 0.1) is 5.92 Å². The summed E-state index contributed by atoms with van der Waals surface area (Å²) < 4.78 is 0. The zero-order chi connectivity index (χ0) is 13.0. The standard InChI is InChI=1S/C14H27N3O/c1-11(2)9-16-14(18)10-15-12-6-8-17-7-4-3-5-13(12)17/h11-13,15H,3-10H2,1-2H3,(H,16,18). The Morgan fingerprint density at radius 1 is 1.28 bits per heavy atom. The van der Waals surface area contributed by atoms with Crippen molar-refractivity contribution in [2.45, 2.75) is 51.6 Å². The minimum atomic E-state index is 0.137. The molecule has 4 heteroatoms. The summed E-state index contributed by atoms with van der Waals surface area (Å²) in [5.74, 6) is 0.659. The van der Waals surface area contributed by atoms with Crippen LogP contribution in [0.2, 0.25) is 0 Å². The Kier molecular flexibility index (Phi) is 5.01. The Morgan fingerprint density at radius 2 is 2.11 bits per heavy atom. The second-order valence-corrected chi connectivity index (χ2v) is 6.07. The zero-order valence-corrected chi connectivity index (χ0v) is 11.7. The zero-order valence-electron chi connectivity index (χ0n) is 11.7. The lowest BCUT2D eigenvalue weighted by Crippen LogP contribution is -2.47. The molecule has 2 unspecified atom stereocenters. The van der Waals surface area contributed by atoms with E-state index in [4.69, 9.17) is 0 Å². The van der Waals surface area contributed by atoms with E-state index in [9.17, 15) is 4.79 Å². The number of hydrogen-bond acceptors (Lipinski definition) is 3. The Bertz CT molecular complexity index is 280. The molecule has 2 heterocycles. The third-order valence-electron chi connectivity index (χ3n) is 4.09. The molecule has 0 aromatic carbocycles. The summed E-state index contributed by atoms with van der Waals surface area (Å²) in [5.41, 5.74) is 0. The molecule has 104 valence electrons. The SMILES string of the molecule is CC(C)CNC(=O)CNC1CCN2CCCCC12. The van der Waals surface area contributed by atoms with Crippen molar-refractivity contribution in [3.8, 4) is 0 Å². The summed E-state index contributed by atoms with van der Waals surface area (Å²) in [6.45, 7) is 7.94. The summed E-state index contributed by atoms with van der Waals surface area (Å²) in [7, 11) is 0. The normalized spacial score (nSPS) is 28.4. The molecule has 2 saturated heterocycles. The molecule has 0 radical (unpaired) electrons. The van der Waals surface area contributed by atoms with E-state index in [1.54, 1.807) is 0 Å². The smallest absolute Gasteiger partial charge is 0.233 e. The van der Waals surface area contributed by atoms with Crippen LogP contribution in [0.15, 0.2) is 0 Å². The lowest BCUT2D eigenvalue weighted by molar-refractivity contribution is -0.120. The average molecular weight is 253 g/mol. The largest absolute Gasteiger partial charge is 0.355 e. The van der Waals surface area contributed by atoms with E-state index < -0.39 is 0 Å². The molecule has 1 amide bonds. The molecule has 2 N–H and O–H groups in total. The van der Waals surface area contributed by atoms with Crippen LogP contribution in [0.1, 0.15) is 39.5 Å². The maximum absolute atomic E-state index is 11.7. The van der Waals surface area contributed by atoms with Crippen LogP contribution in [0.3, 0.4) is 0 Å². The molecule has 0 aromatic rings. The first-order valence-electron chi connectivity index (χ1n) is 7.41. The third-order valence-corrected chi connectivity index (χ3v) is 4.09. The Morgan fingerprint density at radius 3 is 2.89 bits per heavy atom. The number of hydrogen-bond donors (Lipinski definition) is 2. The maximum Gasteiger partial charge on any atom is 0.233 e. The fourth-order valence-corrected chi connectivity index (χ4v) is 3.09. The summed E-state index contributed by atoms with van der Waals surface area (Å²) in [5, 5.41) is 6.41. The molecule has 0 aliphatic carbocycles. The number of amides is 1. The van der Waals surface area contributed by atoms with E-state index in [2.05, 4.69) is 29.4 Å². The van der Waals surface area contributed by atoms with Crippen LogP contribution in [0.4, 0.5) is 0 Å². The second-order valence-electron chi connectivity index (χ2n) is 6.07. The highest BCUT2D eigenvalue weighted by Crippen LogP contribution is 2.26. The first-order valence-corrected chi connectivity index (χ1v) is 7.41.